The Balaban J connectivity index is 2.17. The van der Waals surface area contributed by atoms with Gasteiger partial charge in [0.25, 0.3) is 11.8 Å². The summed E-state index contributed by atoms with van der Waals surface area (Å²) in [7, 11) is 0. The molecule has 0 aromatic heterocycles. The molecule has 0 bridgehead atoms. The van der Waals surface area contributed by atoms with Gasteiger partial charge in [0.05, 0.1) is 11.6 Å². The number of primary amides is 1. The number of carbonyl (C=O) groups excluding carboxylic acids is 2. The number of ether oxygens (including phenoxy) is 1. The lowest BCUT2D eigenvalue weighted by molar-refractivity contribution is -0.119. The molecular weight excluding hydrogens is 304 g/mol. The average molecular weight is 326 g/mol. The summed E-state index contributed by atoms with van der Waals surface area (Å²) < 4.78 is 5.31. The highest BCUT2D eigenvalue weighted by Crippen LogP contribution is 2.22. The maximum Gasteiger partial charge on any atom is 0.255 e. The van der Waals surface area contributed by atoms with Crippen LogP contribution in [0.2, 0.25) is 0 Å². The van der Waals surface area contributed by atoms with E-state index in [0.717, 1.165) is 11.1 Å². The Labute approximate surface area is 141 Å². The molecule has 3 N–H and O–H groups in total. The summed E-state index contributed by atoms with van der Waals surface area (Å²) in [6.45, 7) is 5.75. The zero-order chi connectivity index (χ0) is 17.7. The predicted octanol–water partition coefficient (Wildman–Crippen LogP) is 2.66. The number of nitrogens with two attached hydrogens (primary N) is 1. The lowest BCUT2D eigenvalue weighted by Gasteiger charge is -2.19. The number of rotatable bonds is 6. The van der Waals surface area contributed by atoms with Gasteiger partial charge in [-0.05, 0) is 49.6 Å². The summed E-state index contributed by atoms with van der Waals surface area (Å²) in [5, 5.41) is 2.97. The van der Waals surface area contributed by atoms with Crippen LogP contribution in [0.1, 0.15) is 40.0 Å². The van der Waals surface area contributed by atoms with Crippen LogP contribution in [-0.4, -0.2) is 18.4 Å². The van der Waals surface area contributed by atoms with Crippen molar-refractivity contribution in [2.24, 2.45) is 5.73 Å². The molecule has 2 rings (SSSR count). The highest BCUT2D eigenvalue weighted by atomic mass is 16.5. The van der Waals surface area contributed by atoms with Crippen molar-refractivity contribution >= 4 is 11.8 Å². The van der Waals surface area contributed by atoms with Gasteiger partial charge in [-0.1, -0.05) is 30.3 Å². The first-order chi connectivity index (χ1) is 11.4. The highest BCUT2D eigenvalue weighted by Gasteiger charge is 2.17. The van der Waals surface area contributed by atoms with E-state index in [9.17, 15) is 9.59 Å². The van der Waals surface area contributed by atoms with Crippen molar-refractivity contribution in [1.82, 2.24) is 5.32 Å². The highest BCUT2D eigenvalue weighted by molar-refractivity contribution is 5.97. The molecular formula is C19H22N2O3. The Hall–Kier alpha value is -2.82. The van der Waals surface area contributed by atoms with Crippen LogP contribution in [0.4, 0.5) is 0 Å². The van der Waals surface area contributed by atoms with E-state index in [1.165, 1.54) is 5.56 Å². The van der Waals surface area contributed by atoms with Crippen molar-refractivity contribution in [2.75, 3.05) is 6.61 Å². The summed E-state index contributed by atoms with van der Waals surface area (Å²) in [5.41, 5.74) is 8.86. The monoisotopic (exact) mass is 326 g/mol. The first kappa shape index (κ1) is 17.5. The number of carbonyl (C=O) groups is 2. The van der Waals surface area contributed by atoms with E-state index in [1.54, 1.807) is 24.3 Å². The molecule has 2 aromatic carbocycles. The van der Waals surface area contributed by atoms with E-state index in [-0.39, 0.29) is 18.6 Å². The second-order valence-electron chi connectivity index (χ2n) is 5.74. The molecule has 1 atom stereocenters. The SMILES string of the molecule is Cc1cccc(C(C)NC(=O)c2ccccc2OCC(N)=O)c1C. The zero-order valence-electron chi connectivity index (χ0n) is 14.1. The van der Waals surface area contributed by atoms with Gasteiger partial charge < -0.3 is 15.8 Å². The molecule has 0 spiro atoms. The molecule has 0 fully saturated rings. The average Bonchev–Trinajstić information content (AvgIpc) is 2.55. The van der Waals surface area contributed by atoms with Gasteiger partial charge in [-0.3, -0.25) is 9.59 Å². The number of aryl methyl sites for hydroxylation is 1. The van der Waals surface area contributed by atoms with E-state index in [0.29, 0.717) is 11.3 Å². The number of hydrogen-bond acceptors (Lipinski definition) is 3. The first-order valence-corrected chi connectivity index (χ1v) is 7.77. The van der Waals surface area contributed by atoms with Gasteiger partial charge in [-0.15, -0.1) is 0 Å². The van der Waals surface area contributed by atoms with Crippen LogP contribution in [0.25, 0.3) is 0 Å². The van der Waals surface area contributed by atoms with Crippen molar-refractivity contribution < 1.29 is 14.3 Å². The number of benzene rings is 2. The van der Waals surface area contributed by atoms with Crippen molar-refractivity contribution in [1.29, 1.82) is 0 Å². The lowest BCUT2D eigenvalue weighted by atomic mass is 9.98. The fraction of sp³-hybridized carbons (Fsp3) is 0.263. The van der Waals surface area contributed by atoms with E-state index < -0.39 is 5.91 Å². The van der Waals surface area contributed by atoms with Crippen molar-refractivity contribution in [3.63, 3.8) is 0 Å². The first-order valence-electron chi connectivity index (χ1n) is 7.77. The number of para-hydroxylation sites is 1. The molecule has 0 radical (unpaired) electrons. The molecule has 24 heavy (non-hydrogen) atoms. The maximum atomic E-state index is 12.6. The zero-order valence-corrected chi connectivity index (χ0v) is 14.1. The van der Waals surface area contributed by atoms with Crippen molar-refractivity contribution in [3.8, 4) is 5.75 Å². The summed E-state index contributed by atoms with van der Waals surface area (Å²) in [6, 6.07) is 12.6. The van der Waals surface area contributed by atoms with Crippen LogP contribution >= 0.6 is 0 Å². The van der Waals surface area contributed by atoms with Gasteiger partial charge in [-0.2, -0.15) is 0 Å². The molecule has 126 valence electrons. The lowest BCUT2D eigenvalue weighted by Crippen LogP contribution is -2.28. The largest absolute Gasteiger partial charge is 0.483 e. The molecule has 1 unspecified atom stereocenters. The van der Waals surface area contributed by atoms with Crippen molar-refractivity contribution in [3.05, 3.63) is 64.7 Å². The molecule has 5 heteroatoms. The topological polar surface area (TPSA) is 81.4 Å². The number of amides is 2. The third kappa shape index (κ3) is 4.13. The van der Waals surface area contributed by atoms with E-state index in [2.05, 4.69) is 5.32 Å². The molecule has 0 saturated carbocycles. The minimum atomic E-state index is -0.589. The molecule has 2 amide bonds. The van der Waals surface area contributed by atoms with Crippen LogP contribution in [0.3, 0.4) is 0 Å². The minimum Gasteiger partial charge on any atom is -0.483 e. The predicted molar refractivity (Wildman–Crippen MR) is 92.9 cm³/mol. The number of hydrogen-bond donors (Lipinski definition) is 2. The van der Waals surface area contributed by atoms with Crippen LogP contribution in [0, 0.1) is 13.8 Å². The maximum absolute atomic E-state index is 12.6. The second kappa shape index (κ2) is 7.64. The number of nitrogens with one attached hydrogen (secondary N) is 1. The normalized spacial score (nSPS) is 11.6. The van der Waals surface area contributed by atoms with E-state index >= 15 is 0 Å². The summed E-state index contributed by atoms with van der Waals surface area (Å²) >= 11 is 0. The Morgan fingerprint density at radius 3 is 2.54 bits per heavy atom. The smallest absolute Gasteiger partial charge is 0.255 e. The second-order valence-corrected chi connectivity index (χ2v) is 5.74. The Bertz CT molecular complexity index is 756. The van der Waals surface area contributed by atoms with Crippen LogP contribution in [0.5, 0.6) is 5.75 Å². The molecule has 0 saturated heterocycles. The van der Waals surface area contributed by atoms with Gasteiger partial charge in [-0.25, -0.2) is 0 Å². The van der Waals surface area contributed by atoms with Crippen molar-refractivity contribution in [2.45, 2.75) is 26.8 Å². The fourth-order valence-electron chi connectivity index (χ4n) is 2.52. The van der Waals surface area contributed by atoms with Crippen LogP contribution < -0.4 is 15.8 Å². The molecule has 0 aliphatic rings. The quantitative estimate of drug-likeness (QED) is 0.856. The Morgan fingerprint density at radius 1 is 1.12 bits per heavy atom. The standard InChI is InChI=1S/C19H22N2O3/c1-12-7-6-9-15(13(12)2)14(3)21-19(23)16-8-4-5-10-17(16)24-11-18(20)22/h4-10,14H,11H2,1-3H3,(H2,20,22)(H,21,23). The summed E-state index contributed by atoms with van der Waals surface area (Å²) in [6.07, 6.45) is 0. The summed E-state index contributed by atoms with van der Waals surface area (Å²) in [4.78, 5) is 23.5. The molecule has 0 aliphatic carbocycles. The molecule has 2 aromatic rings. The third-order valence-electron chi connectivity index (χ3n) is 3.96. The van der Waals surface area contributed by atoms with Gasteiger partial charge >= 0.3 is 0 Å². The van der Waals surface area contributed by atoms with Crippen LogP contribution in [0.15, 0.2) is 42.5 Å². The van der Waals surface area contributed by atoms with Crippen LogP contribution in [-0.2, 0) is 4.79 Å². The molecule has 0 heterocycles. The fourth-order valence-corrected chi connectivity index (χ4v) is 2.52. The van der Waals surface area contributed by atoms with E-state index in [4.69, 9.17) is 10.5 Å². The van der Waals surface area contributed by atoms with Gasteiger partial charge in [0.15, 0.2) is 6.61 Å². The Kier molecular flexibility index (Phi) is 5.58. The van der Waals surface area contributed by atoms with E-state index in [1.807, 2.05) is 39.0 Å². The summed E-state index contributed by atoms with van der Waals surface area (Å²) in [5.74, 6) is -0.514. The molecule has 0 aliphatic heterocycles. The van der Waals surface area contributed by atoms with Gasteiger partial charge in [0, 0.05) is 0 Å². The molecule has 5 nitrogen and oxygen atoms in total. The Morgan fingerprint density at radius 2 is 1.83 bits per heavy atom. The van der Waals surface area contributed by atoms with Gasteiger partial charge in [0.1, 0.15) is 5.75 Å². The third-order valence-corrected chi connectivity index (χ3v) is 3.96. The van der Waals surface area contributed by atoms with Gasteiger partial charge in [0.2, 0.25) is 0 Å². The minimum absolute atomic E-state index is 0.151.